The van der Waals surface area contributed by atoms with Crippen LogP contribution in [0.15, 0.2) is 0 Å². The van der Waals surface area contributed by atoms with Crippen LogP contribution < -0.4 is 11.1 Å². The maximum Gasteiger partial charge on any atom is 0.226 e. The number of hydrogen-bond donors (Lipinski definition) is 2. The minimum atomic E-state index is -0.450. The minimum Gasteiger partial charge on any atom is -0.354 e. The summed E-state index contributed by atoms with van der Waals surface area (Å²) in [6.45, 7) is 4.98. The number of carbonyl (C=O) groups is 1. The van der Waals surface area contributed by atoms with Gasteiger partial charge in [-0.3, -0.25) is 4.79 Å². The molecule has 0 saturated heterocycles. The van der Waals surface area contributed by atoms with Gasteiger partial charge in [0.05, 0.1) is 5.41 Å². The highest BCUT2D eigenvalue weighted by molar-refractivity contribution is 8.00. The first-order valence-electron chi connectivity index (χ1n) is 6.49. The summed E-state index contributed by atoms with van der Waals surface area (Å²) in [7, 11) is 0. The molecule has 0 radical (unpaired) electrons. The number of nitrogens with one attached hydrogen (secondary N) is 1. The van der Waals surface area contributed by atoms with Crippen molar-refractivity contribution in [2.24, 2.45) is 11.1 Å². The molecule has 0 atom stereocenters. The van der Waals surface area contributed by atoms with Crippen LogP contribution in [-0.2, 0) is 4.79 Å². The molecular formula is C13H26N2OS. The van der Waals surface area contributed by atoms with E-state index in [1.165, 1.54) is 32.1 Å². The van der Waals surface area contributed by atoms with Gasteiger partial charge in [-0.2, -0.15) is 11.8 Å². The maximum absolute atomic E-state index is 12.0. The SMILES string of the molecule is CSC1(CNC(=O)C(C)(C)CN)CCCCC1. The van der Waals surface area contributed by atoms with Crippen LogP contribution in [0, 0.1) is 5.41 Å². The molecular weight excluding hydrogens is 232 g/mol. The largest absolute Gasteiger partial charge is 0.354 e. The molecule has 1 aliphatic rings. The van der Waals surface area contributed by atoms with E-state index in [0.717, 1.165) is 6.54 Å². The Labute approximate surface area is 109 Å². The molecule has 1 saturated carbocycles. The summed E-state index contributed by atoms with van der Waals surface area (Å²) >= 11 is 1.91. The van der Waals surface area contributed by atoms with Crippen molar-refractivity contribution >= 4 is 17.7 Å². The average molecular weight is 258 g/mol. The molecule has 3 N–H and O–H groups in total. The Morgan fingerprint density at radius 3 is 2.41 bits per heavy atom. The zero-order valence-corrected chi connectivity index (χ0v) is 12.2. The van der Waals surface area contributed by atoms with Crippen LogP contribution in [0.25, 0.3) is 0 Å². The van der Waals surface area contributed by atoms with Gasteiger partial charge in [-0.25, -0.2) is 0 Å². The lowest BCUT2D eigenvalue weighted by Crippen LogP contribution is -2.48. The van der Waals surface area contributed by atoms with E-state index in [1.54, 1.807) is 0 Å². The fraction of sp³-hybridized carbons (Fsp3) is 0.923. The molecule has 0 aromatic heterocycles. The fourth-order valence-electron chi connectivity index (χ4n) is 2.22. The van der Waals surface area contributed by atoms with E-state index >= 15 is 0 Å². The second-order valence-corrected chi connectivity index (χ2v) is 6.99. The third-order valence-corrected chi connectivity index (χ3v) is 5.31. The molecule has 0 aliphatic heterocycles. The molecule has 100 valence electrons. The molecule has 1 fully saturated rings. The van der Waals surface area contributed by atoms with E-state index in [1.807, 2.05) is 25.6 Å². The van der Waals surface area contributed by atoms with Crippen molar-refractivity contribution in [1.29, 1.82) is 0 Å². The van der Waals surface area contributed by atoms with E-state index < -0.39 is 5.41 Å². The van der Waals surface area contributed by atoms with Crippen LogP contribution in [0.3, 0.4) is 0 Å². The molecule has 1 rings (SSSR count). The van der Waals surface area contributed by atoms with Gasteiger partial charge in [0.1, 0.15) is 0 Å². The van der Waals surface area contributed by atoms with Crippen molar-refractivity contribution in [2.45, 2.75) is 50.7 Å². The third-order valence-electron chi connectivity index (χ3n) is 3.89. The van der Waals surface area contributed by atoms with Gasteiger partial charge in [0.2, 0.25) is 5.91 Å². The fourth-order valence-corrected chi connectivity index (χ4v) is 3.14. The van der Waals surface area contributed by atoms with Crippen LogP contribution in [0.2, 0.25) is 0 Å². The Morgan fingerprint density at radius 1 is 1.35 bits per heavy atom. The van der Waals surface area contributed by atoms with Crippen LogP contribution in [-0.4, -0.2) is 30.0 Å². The normalized spacial score (nSPS) is 20.0. The first-order chi connectivity index (χ1) is 7.96. The molecule has 0 aromatic rings. The molecule has 0 heterocycles. The summed E-state index contributed by atoms with van der Waals surface area (Å²) < 4.78 is 0.262. The molecule has 0 aromatic carbocycles. The Morgan fingerprint density at radius 2 is 1.94 bits per heavy atom. The summed E-state index contributed by atoms with van der Waals surface area (Å²) in [6.07, 6.45) is 8.51. The number of nitrogens with two attached hydrogens (primary N) is 1. The van der Waals surface area contributed by atoms with Crippen molar-refractivity contribution in [3.63, 3.8) is 0 Å². The number of rotatable bonds is 5. The number of amides is 1. The zero-order valence-electron chi connectivity index (χ0n) is 11.3. The van der Waals surface area contributed by atoms with Crippen molar-refractivity contribution in [2.75, 3.05) is 19.3 Å². The van der Waals surface area contributed by atoms with Crippen molar-refractivity contribution in [1.82, 2.24) is 5.32 Å². The predicted octanol–water partition coefficient (Wildman–Crippen LogP) is 2.15. The lowest BCUT2D eigenvalue weighted by Gasteiger charge is -2.36. The van der Waals surface area contributed by atoms with E-state index in [-0.39, 0.29) is 10.7 Å². The van der Waals surface area contributed by atoms with Crippen LogP contribution in [0.1, 0.15) is 46.0 Å². The summed E-state index contributed by atoms with van der Waals surface area (Å²) in [4.78, 5) is 12.0. The maximum atomic E-state index is 12.0. The highest BCUT2D eigenvalue weighted by atomic mass is 32.2. The van der Waals surface area contributed by atoms with Gasteiger partial charge >= 0.3 is 0 Å². The first-order valence-corrected chi connectivity index (χ1v) is 7.72. The third kappa shape index (κ3) is 3.88. The van der Waals surface area contributed by atoms with Gasteiger partial charge in [0.25, 0.3) is 0 Å². The van der Waals surface area contributed by atoms with Gasteiger partial charge in [-0.05, 0) is 32.9 Å². The predicted molar refractivity (Wildman–Crippen MR) is 75.2 cm³/mol. The second-order valence-electron chi connectivity index (χ2n) is 5.72. The van der Waals surface area contributed by atoms with Gasteiger partial charge in [0, 0.05) is 17.8 Å². The Kier molecular flexibility index (Phi) is 5.32. The zero-order chi connectivity index (χ0) is 12.9. The molecule has 1 amide bonds. The average Bonchev–Trinajstić information content (AvgIpc) is 2.37. The highest BCUT2D eigenvalue weighted by Crippen LogP contribution is 2.38. The van der Waals surface area contributed by atoms with E-state index in [9.17, 15) is 4.79 Å². The Balaban J connectivity index is 2.50. The second kappa shape index (κ2) is 6.10. The summed E-state index contributed by atoms with van der Waals surface area (Å²) in [5, 5.41) is 3.10. The molecule has 17 heavy (non-hydrogen) atoms. The van der Waals surface area contributed by atoms with Gasteiger partial charge in [-0.1, -0.05) is 19.3 Å². The molecule has 3 nitrogen and oxygen atoms in total. The Bertz CT molecular complexity index is 260. The van der Waals surface area contributed by atoms with Gasteiger partial charge < -0.3 is 11.1 Å². The van der Waals surface area contributed by atoms with E-state index in [2.05, 4.69) is 11.6 Å². The lowest BCUT2D eigenvalue weighted by molar-refractivity contribution is -0.129. The molecule has 0 bridgehead atoms. The molecule has 0 unspecified atom stereocenters. The quantitative estimate of drug-likeness (QED) is 0.794. The number of hydrogen-bond acceptors (Lipinski definition) is 3. The topological polar surface area (TPSA) is 55.1 Å². The Hall–Kier alpha value is -0.220. The van der Waals surface area contributed by atoms with Crippen molar-refractivity contribution in [3.05, 3.63) is 0 Å². The van der Waals surface area contributed by atoms with E-state index in [0.29, 0.717) is 6.54 Å². The number of carbonyl (C=O) groups excluding carboxylic acids is 1. The first kappa shape index (κ1) is 14.8. The molecule has 0 spiro atoms. The standard InChI is InChI=1S/C13H26N2OS/c1-12(2,9-14)11(16)15-10-13(17-3)7-5-4-6-8-13/h4-10,14H2,1-3H3,(H,15,16). The minimum absolute atomic E-state index is 0.0824. The van der Waals surface area contributed by atoms with Gasteiger partial charge in [0.15, 0.2) is 0 Å². The monoisotopic (exact) mass is 258 g/mol. The summed E-state index contributed by atoms with van der Waals surface area (Å²) in [5.41, 5.74) is 5.17. The molecule has 4 heteroatoms. The van der Waals surface area contributed by atoms with Crippen LogP contribution in [0.4, 0.5) is 0 Å². The van der Waals surface area contributed by atoms with E-state index in [4.69, 9.17) is 5.73 Å². The number of thioether (sulfide) groups is 1. The van der Waals surface area contributed by atoms with Crippen molar-refractivity contribution < 1.29 is 4.79 Å². The lowest BCUT2D eigenvalue weighted by atomic mass is 9.87. The van der Waals surface area contributed by atoms with Crippen LogP contribution >= 0.6 is 11.8 Å². The highest BCUT2D eigenvalue weighted by Gasteiger charge is 2.33. The summed E-state index contributed by atoms with van der Waals surface area (Å²) in [5.74, 6) is 0.0824. The summed E-state index contributed by atoms with van der Waals surface area (Å²) in [6, 6.07) is 0. The van der Waals surface area contributed by atoms with Crippen LogP contribution in [0.5, 0.6) is 0 Å². The molecule has 1 aliphatic carbocycles. The van der Waals surface area contributed by atoms with Gasteiger partial charge in [-0.15, -0.1) is 0 Å². The van der Waals surface area contributed by atoms with Crippen molar-refractivity contribution in [3.8, 4) is 0 Å². The smallest absolute Gasteiger partial charge is 0.226 e.